The third-order valence-electron chi connectivity index (χ3n) is 3.26. The molecule has 0 fully saturated rings. The van der Waals surface area contributed by atoms with Gasteiger partial charge in [0, 0.05) is 5.56 Å². The minimum atomic E-state index is 0.266. The van der Waals surface area contributed by atoms with E-state index in [1.54, 1.807) is 0 Å². The Bertz CT molecular complexity index is 448. The summed E-state index contributed by atoms with van der Waals surface area (Å²) in [4.78, 5) is 12.2. The summed E-state index contributed by atoms with van der Waals surface area (Å²) >= 11 is 0. The van der Waals surface area contributed by atoms with Crippen LogP contribution in [-0.4, -0.2) is 22.2 Å². The number of hydrogen-bond donors (Lipinski definition) is 0. The fourth-order valence-electron chi connectivity index (χ4n) is 2.48. The molecule has 2 atom stereocenters. The molecular formula is C13H14OS. The highest BCUT2D eigenvalue weighted by Gasteiger charge is 2.32. The summed E-state index contributed by atoms with van der Waals surface area (Å²) in [5, 5.41) is 2.67. The average molecular weight is 218 g/mol. The topological polar surface area (TPSA) is 17.1 Å². The van der Waals surface area contributed by atoms with Crippen LogP contribution in [0.1, 0.15) is 28.8 Å². The highest BCUT2D eigenvalue weighted by Crippen LogP contribution is 2.37. The average Bonchev–Trinajstić information content (AvgIpc) is 2.87. The predicted octanol–water partition coefficient (Wildman–Crippen LogP) is 2.66. The van der Waals surface area contributed by atoms with Crippen molar-refractivity contribution in [3.8, 4) is 0 Å². The second-order valence-electron chi connectivity index (χ2n) is 4.20. The molecule has 1 nitrogen and oxygen atoms in total. The first-order valence-corrected chi connectivity index (χ1v) is 7.02. The molecule has 0 amide bonds. The summed E-state index contributed by atoms with van der Waals surface area (Å²) in [6, 6.07) is 8.10. The number of rotatable bonds is 1. The molecule has 0 spiro atoms. The highest BCUT2D eigenvalue weighted by atomic mass is 32.2. The van der Waals surface area contributed by atoms with Crippen molar-refractivity contribution < 1.29 is 4.79 Å². The first-order valence-electron chi connectivity index (χ1n) is 5.50. The number of hydrogen-bond acceptors (Lipinski definition) is 1. The lowest BCUT2D eigenvalue weighted by atomic mass is 10.1. The molecule has 1 aliphatic heterocycles. The van der Waals surface area contributed by atoms with Crippen molar-refractivity contribution in [2.45, 2.75) is 24.5 Å². The molecule has 78 valence electrons. The van der Waals surface area contributed by atoms with Crippen LogP contribution in [0, 0.1) is 0 Å². The van der Waals surface area contributed by atoms with Gasteiger partial charge in [-0.15, -0.1) is 0 Å². The molecule has 2 heteroatoms. The van der Waals surface area contributed by atoms with E-state index >= 15 is 0 Å². The number of fused-ring (bicyclic) bond motifs is 1. The second-order valence-corrected chi connectivity index (χ2v) is 6.45. The minimum Gasteiger partial charge on any atom is -0.293 e. The molecule has 0 bridgehead atoms. The van der Waals surface area contributed by atoms with Crippen molar-refractivity contribution in [3.05, 3.63) is 35.4 Å². The normalized spacial score (nSPS) is 28.9. The fraction of sp³-hybridized carbons (Fsp3) is 0.385. The van der Waals surface area contributed by atoms with E-state index in [1.165, 1.54) is 24.2 Å². The first-order chi connectivity index (χ1) is 7.36. The maximum Gasteiger partial charge on any atom is 0.175 e. The Hall–Kier alpha value is -0.890. The van der Waals surface area contributed by atoms with Crippen molar-refractivity contribution in [1.29, 1.82) is 0 Å². The number of Topliss-reactive ketones (excluding diaryl/α,β-unsaturated/α-hetero) is 1. The summed E-state index contributed by atoms with van der Waals surface area (Å²) in [6.07, 6.45) is 3.47. The van der Waals surface area contributed by atoms with Gasteiger partial charge in [-0.3, -0.25) is 4.79 Å². The van der Waals surface area contributed by atoms with Crippen molar-refractivity contribution in [2.24, 2.45) is 0 Å². The monoisotopic (exact) mass is 218 g/mol. The summed E-state index contributed by atoms with van der Waals surface area (Å²) < 4.78 is 0. The van der Waals surface area contributed by atoms with E-state index in [9.17, 15) is 4.79 Å². The van der Waals surface area contributed by atoms with Crippen LogP contribution in [0.2, 0.25) is 0 Å². The van der Waals surface area contributed by atoms with Crippen LogP contribution in [0.5, 0.6) is 0 Å². The minimum absolute atomic E-state index is 0.266. The summed E-state index contributed by atoms with van der Waals surface area (Å²) in [5.74, 6) is 1.64. The summed E-state index contributed by atoms with van der Waals surface area (Å²) in [7, 11) is 0.266. The lowest BCUT2D eigenvalue weighted by Crippen LogP contribution is -2.13. The molecular weight excluding hydrogens is 204 g/mol. The SMILES string of the molecule is O=C1c2ccccc2CC1S1=CCCC1. The van der Waals surface area contributed by atoms with Crippen LogP contribution < -0.4 is 0 Å². The molecule has 0 radical (unpaired) electrons. The van der Waals surface area contributed by atoms with Crippen LogP contribution in [0.15, 0.2) is 24.3 Å². The lowest BCUT2D eigenvalue weighted by Gasteiger charge is -2.10. The standard InChI is InChI=1S/C13H14OS/c14-13-11-6-2-1-5-10(11)9-12(13)15-7-3-4-8-15/h1-2,5-7,12H,3-4,8-9H2. The third kappa shape index (κ3) is 1.48. The zero-order valence-electron chi connectivity index (χ0n) is 8.61. The van der Waals surface area contributed by atoms with Gasteiger partial charge >= 0.3 is 0 Å². The summed E-state index contributed by atoms with van der Waals surface area (Å²) in [5.41, 5.74) is 2.25. The van der Waals surface area contributed by atoms with Crippen LogP contribution in [-0.2, 0) is 6.42 Å². The molecule has 1 aliphatic carbocycles. The van der Waals surface area contributed by atoms with Crippen LogP contribution in [0.3, 0.4) is 0 Å². The van der Waals surface area contributed by atoms with Gasteiger partial charge in [-0.05, 0) is 30.6 Å². The van der Waals surface area contributed by atoms with Crippen molar-refractivity contribution in [2.75, 3.05) is 5.75 Å². The van der Waals surface area contributed by atoms with Crippen molar-refractivity contribution in [3.63, 3.8) is 0 Å². The van der Waals surface area contributed by atoms with E-state index in [0.29, 0.717) is 5.78 Å². The predicted molar refractivity (Wildman–Crippen MR) is 66.0 cm³/mol. The molecule has 0 aromatic heterocycles. The largest absolute Gasteiger partial charge is 0.293 e. The molecule has 1 aromatic carbocycles. The molecule has 2 unspecified atom stereocenters. The van der Waals surface area contributed by atoms with E-state index < -0.39 is 0 Å². The Kier molecular flexibility index (Phi) is 2.24. The van der Waals surface area contributed by atoms with Crippen LogP contribution >= 0.6 is 10.5 Å². The fourth-order valence-corrected chi connectivity index (χ4v) is 4.92. The zero-order chi connectivity index (χ0) is 10.3. The van der Waals surface area contributed by atoms with E-state index in [4.69, 9.17) is 0 Å². The van der Waals surface area contributed by atoms with E-state index in [-0.39, 0.29) is 15.7 Å². The molecule has 0 saturated carbocycles. The first kappa shape index (κ1) is 9.34. The Morgan fingerprint density at radius 2 is 2.13 bits per heavy atom. The molecule has 3 rings (SSSR count). The molecule has 2 aliphatic rings. The van der Waals surface area contributed by atoms with Gasteiger partial charge < -0.3 is 0 Å². The zero-order valence-corrected chi connectivity index (χ0v) is 9.43. The van der Waals surface area contributed by atoms with Gasteiger partial charge in [0.25, 0.3) is 0 Å². The van der Waals surface area contributed by atoms with Crippen molar-refractivity contribution >= 4 is 21.6 Å². The van der Waals surface area contributed by atoms with Gasteiger partial charge in [-0.2, -0.15) is 10.5 Å². The Labute approximate surface area is 92.4 Å². The maximum atomic E-state index is 12.2. The summed E-state index contributed by atoms with van der Waals surface area (Å²) in [6.45, 7) is 0. The van der Waals surface area contributed by atoms with Gasteiger partial charge in [0.2, 0.25) is 0 Å². The lowest BCUT2D eigenvalue weighted by molar-refractivity contribution is 0.1000. The molecule has 1 aromatic rings. The molecule has 0 saturated heterocycles. The Morgan fingerprint density at radius 3 is 2.87 bits per heavy atom. The van der Waals surface area contributed by atoms with Gasteiger partial charge in [-0.25, -0.2) is 0 Å². The Balaban J connectivity index is 1.96. The molecule has 1 heterocycles. The number of carbonyl (C=O) groups excluding carboxylic acids is 1. The second kappa shape index (κ2) is 3.60. The van der Waals surface area contributed by atoms with E-state index in [1.807, 2.05) is 18.2 Å². The van der Waals surface area contributed by atoms with Crippen molar-refractivity contribution in [1.82, 2.24) is 0 Å². The number of carbonyl (C=O) groups is 1. The van der Waals surface area contributed by atoms with Crippen LogP contribution in [0.25, 0.3) is 0 Å². The number of ketones is 1. The van der Waals surface area contributed by atoms with E-state index in [2.05, 4.69) is 11.4 Å². The number of benzene rings is 1. The molecule has 0 N–H and O–H groups in total. The van der Waals surface area contributed by atoms with Gasteiger partial charge in [0.1, 0.15) is 0 Å². The van der Waals surface area contributed by atoms with E-state index in [0.717, 1.165) is 12.0 Å². The smallest absolute Gasteiger partial charge is 0.175 e. The quantitative estimate of drug-likeness (QED) is 0.662. The highest BCUT2D eigenvalue weighted by molar-refractivity contribution is 8.16. The van der Waals surface area contributed by atoms with Gasteiger partial charge in [-0.1, -0.05) is 29.6 Å². The molecule has 15 heavy (non-hydrogen) atoms. The Morgan fingerprint density at radius 1 is 1.27 bits per heavy atom. The van der Waals surface area contributed by atoms with Gasteiger partial charge in [0.15, 0.2) is 5.78 Å². The maximum absolute atomic E-state index is 12.2. The van der Waals surface area contributed by atoms with Gasteiger partial charge in [0.05, 0.1) is 5.25 Å². The third-order valence-corrected chi connectivity index (χ3v) is 5.80. The van der Waals surface area contributed by atoms with Crippen LogP contribution in [0.4, 0.5) is 0 Å².